The molecule has 25 heavy (non-hydrogen) atoms. The third-order valence-electron chi connectivity index (χ3n) is 3.89. The molecule has 2 aromatic carbocycles. The molecule has 3 rings (SSSR count). The Labute approximate surface area is 156 Å². The van der Waals surface area contributed by atoms with Gasteiger partial charge in [-0.1, -0.05) is 30.3 Å². The van der Waals surface area contributed by atoms with Crippen LogP contribution in [0.2, 0.25) is 0 Å². The van der Waals surface area contributed by atoms with Crippen LogP contribution >= 0.6 is 24.2 Å². The largest absolute Gasteiger partial charge is 0.351 e. The number of halogens is 3. The summed E-state index contributed by atoms with van der Waals surface area (Å²) in [4.78, 5) is 12.9. The molecule has 0 spiro atoms. The van der Waals surface area contributed by atoms with Gasteiger partial charge in [0, 0.05) is 17.5 Å². The Kier molecular flexibility index (Phi) is 7.23. The minimum atomic E-state index is -0.636. The Morgan fingerprint density at radius 3 is 2.64 bits per heavy atom. The fourth-order valence-corrected chi connectivity index (χ4v) is 3.73. The second-order valence-electron chi connectivity index (χ2n) is 5.68. The molecule has 3 nitrogen and oxygen atoms in total. The van der Waals surface area contributed by atoms with E-state index in [1.54, 1.807) is 0 Å². The van der Waals surface area contributed by atoms with Crippen molar-refractivity contribution in [3.05, 3.63) is 65.7 Å². The molecule has 2 N–H and O–H groups in total. The van der Waals surface area contributed by atoms with E-state index in [4.69, 9.17) is 0 Å². The zero-order valence-corrected chi connectivity index (χ0v) is 15.0. The van der Waals surface area contributed by atoms with Crippen molar-refractivity contribution in [1.29, 1.82) is 0 Å². The molecule has 2 unspecified atom stereocenters. The van der Waals surface area contributed by atoms with Gasteiger partial charge in [-0.25, -0.2) is 8.78 Å². The summed E-state index contributed by atoms with van der Waals surface area (Å²) in [5.74, 6) is -1.24. The van der Waals surface area contributed by atoms with Crippen molar-refractivity contribution in [2.24, 2.45) is 0 Å². The Morgan fingerprint density at radius 2 is 1.96 bits per heavy atom. The normalized spacial score (nSPS) is 17.6. The molecule has 1 aliphatic heterocycles. The minimum Gasteiger partial charge on any atom is -0.351 e. The number of hydrogen-bond donors (Lipinski definition) is 2. The number of thioether (sulfide) groups is 1. The van der Waals surface area contributed by atoms with Gasteiger partial charge in [0.25, 0.3) is 0 Å². The van der Waals surface area contributed by atoms with E-state index in [1.807, 2.05) is 30.3 Å². The smallest absolute Gasteiger partial charge is 0.238 e. The molecule has 2 aromatic rings. The molecule has 0 saturated carbocycles. The maximum Gasteiger partial charge on any atom is 0.238 e. The first-order valence-corrected chi connectivity index (χ1v) is 8.69. The fraction of sp³-hybridized carbons (Fsp3) is 0.278. The van der Waals surface area contributed by atoms with Gasteiger partial charge >= 0.3 is 0 Å². The number of carbonyl (C=O) groups is 1. The molecule has 1 aliphatic rings. The molecule has 0 aromatic heterocycles. The second kappa shape index (κ2) is 9.17. The Bertz CT molecular complexity index is 711. The van der Waals surface area contributed by atoms with Crippen molar-refractivity contribution >= 4 is 30.1 Å². The Balaban J connectivity index is 0.00000225. The first-order chi connectivity index (χ1) is 11.6. The molecule has 1 fully saturated rings. The van der Waals surface area contributed by atoms with Gasteiger partial charge in [0.05, 0.1) is 0 Å². The number of hydrogen-bond acceptors (Lipinski definition) is 3. The predicted molar refractivity (Wildman–Crippen MR) is 98.1 cm³/mol. The molecular formula is C18H19ClF2N2OS. The molecule has 0 radical (unpaired) electrons. The van der Waals surface area contributed by atoms with Crippen LogP contribution in [0.25, 0.3) is 0 Å². The topological polar surface area (TPSA) is 41.1 Å². The highest BCUT2D eigenvalue weighted by Crippen LogP contribution is 2.37. The van der Waals surface area contributed by atoms with Crippen LogP contribution in [-0.2, 0) is 4.79 Å². The van der Waals surface area contributed by atoms with Crippen molar-refractivity contribution in [2.45, 2.75) is 22.6 Å². The van der Waals surface area contributed by atoms with Crippen molar-refractivity contribution < 1.29 is 13.6 Å². The second-order valence-corrected chi connectivity index (χ2v) is 6.83. The quantitative estimate of drug-likeness (QED) is 0.772. The average molecular weight is 385 g/mol. The van der Waals surface area contributed by atoms with Gasteiger partial charge in [-0.05, 0) is 36.7 Å². The number of nitrogens with one attached hydrogen (secondary N) is 2. The van der Waals surface area contributed by atoms with Crippen LogP contribution in [-0.4, -0.2) is 25.0 Å². The van der Waals surface area contributed by atoms with Crippen molar-refractivity contribution in [3.8, 4) is 0 Å². The van der Waals surface area contributed by atoms with Gasteiger partial charge in [0.15, 0.2) is 0 Å². The van der Waals surface area contributed by atoms with E-state index in [0.717, 1.165) is 55.0 Å². The SMILES string of the molecule is Cl.O=C(NC1CCNC1)C(Sc1cc(F)ccc1F)c1ccccc1. The van der Waals surface area contributed by atoms with E-state index in [9.17, 15) is 13.6 Å². The lowest BCUT2D eigenvalue weighted by molar-refractivity contribution is -0.121. The molecular weight excluding hydrogens is 366 g/mol. The van der Waals surface area contributed by atoms with E-state index in [1.165, 1.54) is 0 Å². The lowest BCUT2D eigenvalue weighted by Gasteiger charge is -2.20. The van der Waals surface area contributed by atoms with Crippen LogP contribution in [0.1, 0.15) is 17.2 Å². The van der Waals surface area contributed by atoms with Crippen molar-refractivity contribution in [2.75, 3.05) is 13.1 Å². The van der Waals surface area contributed by atoms with Gasteiger partial charge in [-0.3, -0.25) is 4.79 Å². The van der Waals surface area contributed by atoms with E-state index < -0.39 is 16.9 Å². The summed E-state index contributed by atoms with van der Waals surface area (Å²) in [6.07, 6.45) is 0.867. The highest BCUT2D eigenvalue weighted by molar-refractivity contribution is 8.00. The van der Waals surface area contributed by atoms with Crippen LogP contribution in [0, 0.1) is 11.6 Å². The highest BCUT2D eigenvalue weighted by Gasteiger charge is 2.26. The molecule has 7 heteroatoms. The number of amides is 1. The summed E-state index contributed by atoms with van der Waals surface area (Å²) in [5, 5.41) is 5.55. The van der Waals surface area contributed by atoms with E-state index in [0.29, 0.717) is 0 Å². The maximum atomic E-state index is 14.0. The van der Waals surface area contributed by atoms with E-state index >= 15 is 0 Å². The Morgan fingerprint density at radius 1 is 1.20 bits per heavy atom. The predicted octanol–water partition coefficient (Wildman–Crippen LogP) is 3.70. The fourth-order valence-electron chi connectivity index (χ4n) is 2.65. The van der Waals surface area contributed by atoms with Crippen LogP contribution < -0.4 is 10.6 Å². The molecule has 2 atom stereocenters. The minimum absolute atomic E-state index is 0. The summed E-state index contributed by atoms with van der Waals surface area (Å²) >= 11 is 1.03. The van der Waals surface area contributed by atoms with Crippen LogP contribution in [0.4, 0.5) is 8.78 Å². The summed E-state index contributed by atoms with van der Waals surface area (Å²) in [5.41, 5.74) is 0.759. The molecule has 1 amide bonds. The lowest BCUT2D eigenvalue weighted by Crippen LogP contribution is -2.38. The first kappa shape index (κ1) is 19.7. The molecule has 0 aliphatic carbocycles. The monoisotopic (exact) mass is 384 g/mol. The zero-order valence-electron chi connectivity index (χ0n) is 13.4. The summed E-state index contributed by atoms with van der Waals surface area (Å²) in [7, 11) is 0. The van der Waals surface area contributed by atoms with Gasteiger partial charge in [-0.15, -0.1) is 24.2 Å². The van der Waals surface area contributed by atoms with Crippen LogP contribution in [0.15, 0.2) is 53.4 Å². The molecule has 1 saturated heterocycles. The van der Waals surface area contributed by atoms with Crippen molar-refractivity contribution in [3.63, 3.8) is 0 Å². The molecule has 134 valence electrons. The summed E-state index contributed by atoms with van der Waals surface area (Å²) < 4.78 is 27.4. The van der Waals surface area contributed by atoms with E-state index in [-0.39, 0.29) is 29.3 Å². The summed E-state index contributed by atoms with van der Waals surface area (Å²) in [6, 6.07) is 12.5. The third kappa shape index (κ3) is 5.17. The third-order valence-corrected chi connectivity index (χ3v) is 5.17. The van der Waals surface area contributed by atoms with Crippen LogP contribution in [0.5, 0.6) is 0 Å². The Hall–Kier alpha value is -1.63. The van der Waals surface area contributed by atoms with Gasteiger partial charge < -0.3 is 10.6 Å². The number of carbonyl (C=O) groups excluding carboxylic acids is 1. The first-order valence-electron chi connectivity index (χ1n) is 7.81. The standard InChI is InChI=1S/C18H18F2N2OS.ClH/c19-13-6-7-15(20)16(10-13)24-17(12-4-2-1-3-5-12)18(23)22-14-8-9-21-11-14;/h1-7,10,14,17,21H,8-9,11H2,(H,22,23);1H. The van der Waals surface area contributed by atoms with Crippen molar-refractivity contribution in [1.82, 2.24) is 10.6 Å². The lowest BCUT2D eigenvalue weighted by atomic mass is 10.1. The van der Waals surface area contributed by atoms with Gasteiger partial charge in [-0.2, -0.15) is 0 Å². The molecule has 1 heterocycles. The highest BCUT2D eigenvalue weighted by atomic mass is 35.5. The molecule has 0 bridgehead atoms. The van der Waals surface area contributed by atoms with Crippen LogP contribution in [0.3, 0.4) is 0 Å². The van der Waals surface area contributed by atoms with Gasteiger partial charge in [0.1, 0.15) is 16.9 Å². The van der Waals surface area contributed by atoms with Gasteiger partial charge in [0.2, 0.25) is 5.91 Å². The average Bonchev–Trinajstić information content (AvgIpc) is 3.09. The number of rotatable bonds is 5. The number of benzene rings is 2. The van der Waals surface area contributed by atoms with E-state index in [2.05, 4.69) is 10.6 Å². The maximum absolute atomic E-state index is 14.0. The summed E-state index contributed by atoms with van der Waals surface area (Å²) in [6.45, 7) is 1.60. The zero-order chi connectivity index (χ0) is 16.9.